The maximum atomic E-state index is 5.43. The Morgan fingerprint density at radius 1 is 0.700 bits per heavy atom. The summed E-state index contributed by atoms with van der Waals surface area (Å²) in [4.78, 5) is 0. The highest BCUT2D eigenvalue weighted by Gasteiger charge is 1.95. The van der Waals surface area contributed by atoms with E-state index in [0.29, 0.717) is 0 Å². The van der Waals surface area contributed by atoms with Crippen LogP contribution in [0.4, 0.5) is 17.1 Å². The van der Waals surface area contributed by atoms with Crippen molar-refractivity contribution in [1.29, 1.82) is 0 Å². The lowest BCUT2D eigenvalue weighted by Gasteiger charge is -2.08. The van der Waals surface area contributed by atoms with Gasteiger partial charge in [-0.25, -0.2) is 0 Å². The van der Waals surface area contributed by atoms with E-state index in [0.717, 1.165) is 36.0 Å². The molecule has 0 atom stereocenters. The van der Waals surface area contributed by atoms with E-state index in [2.05, 4.69) is 5.32 Å². The van der Waals surface area contributed by atoms with Gasteiger partial charge in [0.15, 0.2) is 0 Å². The summed E-state index contributed by atoms with van der Waals surface area (Å²) in [5.74, 6) is 0.837. The van der Waals surface area contributed by atoms with Crippen LogP contribution in [0.25, 0.3) is 0 Å². The summed E-state index contributed by atoms with van der Waals surface area (Å²) < 4.78 is 9.98. The Balaban J connectivity index is 0.000000202. The molecule has 3 aromatic rings. The van der Waals surface area contributed by atoms with Crippen LogP contribution < -0.4 is 21.5 Å². The lowest BCUT2D eigenvalue weighted by atomic mass is 10.2. The SMILES string of the molecule is C1CCOCC1.CNc1ccccc1.COc1ccc(N)cc1.Nc1ccccc1. The minimum absolute atomic E-state index is 0.760. The largest absolute Gasteiger partial charge is 0.497 e. The molecule has 30 heavy (non-hydrogen) atoms. The maximum Gasteiger partial charge on any atom is 0.119 e. The van der Waals surface area contributed by atoms with Crippen molar-refractivity contribution in [2.75, 3.05) is 44.2 Å². The average molecular weight is 410 g/mol. The predicted octanol–water partition coefficient (Wildman–Crippen LogP) is 5.46. The van der Waals surface area contributed by atoms with Crippen LogP contribution in [0.2, 0.25) is 0 Å². The van der Waals surface area contributed by atoms with Crippen molar-refractivity contribution >= 4 is 17.1 Å². The van der Waals surface area contributed by atoms with Crippen molar-refractivity contribution in [3.05, 3.63) is 84.9 Å². The summed E-state index contributed by atoms with van der Waals surface area (Å²) in [6, 6.07) is 26.8. The quantitative estimate of drug-likeness (QED) is 0.490. The lowest BCUT2D eigenvalue weighted by Crippen LogP contribution is -2.03. The molecule has 3 aromatic carbocycles. The second kappa shape index (κ2) is 16.7. The van der Waals surface area contributed by atoms with Crippen LogP contribution in [0.5, 0.6) is 5.75 Å². The number of methoxy groups -OCH3 is 1. The maximum absolute atomic E-state index is 5.43. The second-order valence-corrected chi connectivity index (χ2v) is 6.47. The van der Waals surface area contributed by atoms with Gasteiger partial charge >= 0.3 is 0 Å². The topological polar surface area (TPSA) is 82.5 Å². The molecule has 0 unspecified atom stereocenters. The molecule has 4 rings (SSSR count). The van der Waals surface area contributed by atoms with Gasteiger partial charge in [0.1, 0.15) is 5.75 Å². The van der Waals surface area contributed by atoms with Gasteiger partial charge in [-0.1, -0.05) is 36.4 Å². The zero-order valence-electron chi connectivity index (χ0n) is 18.1. The summed E-state index contributed by atoms with van der Waals surface area (Å²) in [5, 5.41) is 3.03. The van der Waals surface area contributed by atoms with Crippen molar-refractivity contribution in [2.24, 2.45) is 0 Å². The van der Waals surface area contributed by atoms with Gasteiger partial charge in [0.2, 0.25) is 0 Å². The number of hydrogen-bond donors (Lipinski definition) is 3. The first-order valence-corrected chi connectivity index (χ1v) is 10.2. The van der Waals surface area contributed by atoms with E-state index in [4.69, 9.17) is 20.9 Å². The minimum atomic E-state index is 0.760. The molecule has 0 bridgehead atoms. The van der Waals surface area contributed by atoms with Crippen molar-refractivity contribution < 1.29 is 9.47 Å². The molecular formula is C25H35N3O2. The summed E-state index contributed by atoms with van der Waals surface area (Å²) in [7, 11) is 3.54. The Labute approximate surface area is 181 Å². The number of para-hydroxylation sites is 2. The number of ether oxygens (including phenoxy) is 2. The average Bonchev–Trinajstić information content (AvgIpc) is 2.83. The van der Waals surface area contributed by atoms with E-state index in [1.165, 1.54) is 19.3 Å². The van der Waals surface area contributed by atoms with Crippen LogP contribution in [0.15, 0.2) is 84.9 Å². The molecular weight excluding hydrogens is 374 g/mol. The highest BCUT2D eigenvalue weighted by Crippen LogP contribution is 2.11. The first kappa shape index (κ1) is 24.9. The lowest BCUT2D eigenvalue weighted by molar-refractivity contribution is 0.0968. The van der Waals surface area contributed by atoms with Crippen LogP contribution in [-0.4, -0.2) is 27.4 Å². The molecule has 0 aliphatic carbocycles. The van der Waals surface area contributed by atoms with Gasteiger partial charge in [-0.15, -0.1) is 0 Å². The van der Waals surface area contributed by atoms with Crippen LogP contribution in [0.1, 0.15) is 19.3 Å². The zero-order valence-corrected chi connectivity index (χ0v) is 18.1. The van der Waals surface area contributed by atoms with E-state index in [-0.39, 0.29) is 0 Å². The molecule has 5 heteroatoms. The molecule has 0 radical (unpaired) electrons. The molecule has 0 aromatic heterocycles. The Kier molecular flexibility index (Phi) is 13.9. The molecule has 5 N–H and O–H groups in total. The van der Waals surface area contributed by atoms with Gasteiger partial charge in [-0.3, -0.25) is 0 Å². The van der Waals surface area contributed by atoms with Crippen molar-refractivity contribution in [2.45, 2.75) is 19.3 Å². The minimum Gasteiger partial charge on any atom is -0.497 e. The number of rotatable bonds is 2. The zero-order chi connectivity index (χ0) is 21.9. The van der Waals surface area contributed by atoms with Gasteiger partial charge in [-0.2, -0.15) is 0 Å². The molecule has 0 saturated carbocycles. The van der Waals surface area contributed by atoms with Crippen LogP contribution in [0, 0.1) is 0 Å². The molecule has 1 aliphatic rings. The molecule has 0 amide bonds. The van der Waals surface area contributed by atoms with Gasteiger partial charge < -0.3 is 26.3 Å². The van der Waals surface area contributed by atoms with Gasteiger partial charge in [0.05, 0.1) is 7.11 Å². The molecule has 1 fully saturated rings. The number of nitrogens with two attached hydrogens (primary N) is 2. The van der Waals surface area contributed by atoms with Crippen molar-refractivity contribution in [3.8, 4) is 5.75 Å². The van der Waals surface area contributed by atoms with Gasteiger partial charge in [-0.05, 0) is 67.8 Å². The molecule has 1 aliphatic heterocycles. The Morgan fingerprint density at radius 3 is 1.50 bits per heavy atom. The highest BCUT2D eigenvalue weighted by molar-refractivity contribution is 5.42. The first-order valence-electron chi connectivity index (χ1n) is 10.2. The Hall–Kier alpha value is -3.18. The third kappa shape index (κ3) is 13.1. The third-order valence-corrected chi connectivity index (χ3v) is 4.06. The van der Waals surface area contributed by atoms with Crippen LogP contribution >= 0.6 is 0 Å². The number of nitrogen functional groups attached to an aromatic ring is 2. The van der Waals surface area contributed by atoms with E-state index in [1.807, 2.05) is 79.8 Å². The van der Waals surface area contributed by atoms with Crippen molar-refractivity contribution in [1.82, 2.24) is 0 Å². The van der Waals surface area contributed by atoms with E-state index in [9.17, 15) is 0 Å². The number of benzene rings is 3. The van der Waals surface area contributed by atoms with Gasteiger partial charge in [0.25, 0.3) is 0 Å². The third-order valence-electron chi connectivity index (χ3n) is 4.06. The Morgan fingerprint density at radius 2 is 1.20 bits per heavy atom. The summed E-state index contributed by atoms with van der Waals surface area (Å²) in [5.41, 5.74) is 13.5. The fraction of sp³-hybridized carbons (Fsp3) is 0.280. The second-order valence-electron chi connectivity index (χ2n) is 6.47. The van der Waals surface area contributed by atoms with E-state index >= 15 is 0 Å². The molecule has 162 valence electrons. The summed E-state index contributed by atoms with van der Waals surface area (Å²) in [6.07, 6.45) is 3.93. The summed E-state index contributed by atoms with van der Waals surface area (Å²) >= 11 is 0. The number of hydrogen-bond acceptors (Lipinski definition) is 5. The molecule has 0 spiro atoms. The van der Waals surface area contributed by atoms with Gasteiger partial charge in [0, 0.05) is 37.3 Å². The van der Waals surface area contributed by atoms with Crippen LogP contribution in [0.3, 0.4) is 0 Å². The number of anilines is 3. The van der Waals surface area contributed by atoms with Crippen molar-refractivity contribution in [3.63, 3.8) is 0 Å². The molecule has 5 nitrogen and oxygen atoms in total. The number of nitrogens with one attached hydrogen (secondary N) is 1. The standard InChI is InChI=1S/C7H9NO.C7H9N.C6H7N.C5H10O/c1-9-7-4-2-6(8)3-5-7;1-8-7-5-3-2-4-6-7;7-6-4-2-1-3-5-6;1-2-4-6-5-3-1/h2-5H,8H2,1H3;2-6,8H,1H3;1-5H,7H2;1-5H2. The molecule has 1 heterocycles. The summed E-state index contributed by atoms with van der Waals surface area (Å²) in [6.45, 7) is 2.00. The first-order chi connectivity index (χ1) is 14.7. The Bertz CT molecular complexity index is 735. The van der Waals surface area contributed by atoms with Crippen LogP contribution in [-0.2, 0) is 4.74 Å². The predicted molar refractivity (Wildman–Crippen MR) is 129 cm³/mol. The normalized spacial score (nSPS) is 11.8. The monoisotopic (exact) mass is 409 g/mol. The van der Waals surface area contributed by atoms with E-state index < -0.39 is 0 Å². The fourth-order valence-electron chi connectivity index (χ4n) is 2.35. The smallest absolute Gasteiger partial charge is 0.119 e. The fourth-order valence-corrected chi connectivity index (χ4v) is 2.35. The highest BCUT2D eigenvalue weighted by atomic mass is 16.5. The van der Waals surface area contributed by atoms with E-state index in [1.54, 1.807) is 19.2 Å². The molecule has 1 saturated heterocycles.